The number of alkyl halides is 3. The van der Waals surface area contributed by atoms with Crippen LogP contribution in [0.1, 0.15) is 12.6 Å². The van der Waals surface area contributed by atoms with Crippen molar-refractivity contribution >= 4 is 46.6 Å². The normalized spacial score (nSPS) is 12.5. The maximum atomic E-state index is 13.3. The molecule has 0 saturated carbocycles. The lowest BCUT2D eigenvalue weighted by molar-refractivity contribution is -0.141. The molecule has 0 aliphatic heterocycles. The molecular weight excluding hydrogens is 458 g/mol. The molecule has 2 aromatic carbocycles. The van der Waals surface area contributed by atoms with Crippen molar-refractivity contribution in [2.45, 2.75) is 23.5 Å². The zero-order valence-electron chi connectivity index (χ0n) is 15.4. The number of carbonyl (C=O) groups excluding carboxylic acids is 1. The van der Waals surface area contributed by atoms with Gasteiger partial charge in [-0.3, -0.25) is 4.79 Å². The van der Waals surface area contributed by atoms with Gasteiger partial charge in [0, 0.05) is 21.3 Å². The van der Waals surface area contributed by atoms with E-state index >= 15 is 0 Å². The number of thioether (sulfide) groups is 1. The predicted octanol–water partition coefficient (Wildman–Crippen LogP) is 6.59. The standard InChI is InChI=1S/C20H14Cl2F3N3OS/c1-11(18(29)26-15-8-13(21)7-14(22)9-15)30-19-27-16(12-5-3-2-4-6-12)10-17(28-19)20(23,24)25/h2-11H,1H3,(H,26,29)/t11-/m1/s1. The number of hydrogen-bond donors (Lipinski definition) is 1. The van der Waals surface area contributed by atoms with Crippen LogP contribution < -0.4 is 5.32 Å². The molecule has 0 aliphatic rings. The molecule has 1 N–H and O–H groups in total. The van der Waals surface area contributed by atoms with Crippen molar-refractivity contribution in [3.05, 3.63) is 70.3 Å². The molecule has 1 atom stereocenters. The molecule has 1 aromatic heterocycles. The van der Waals surface area contributed by atoms with Gasteiger partial charge in [0.05, 0.1) is 10.9 Å². The number of benzene rings is 2. The Morgan fingerprint density at radius 3 is 2.27 bits per heavy atom. The van der Waals surface area contributed by atoms with Crippen LogP contribution in [0.15, 0.2) is 59.8 Å². The van der Waals surface area contributed by atoms with Gasteiger partial charge in [-0.05, 0) is 31.2 Å². The summed E-state index contributed by atoms with van der Waals surface area (Å²) in [7, 11) is 0. The highest BCUT2D eigenvalue weighted by atomic mass is 35.5. The molecule has 0 bridgehead atoms. The number of rotatable bonds is 5. The number of amides is 1. The van der Waals surface area contributed by atoms with Crippen molar-refractivity contribution < 1.29 is 18.0 Å². The minimum absolute atomic E-state index is 0.120. The Kier molecular flexibility index (Phi) is 6.90. The zero-order chi connectivity index (χ0) is 21.9. The van der Waals surface area contributed by atoms with E-state index in [0.717, 1.165) is 17.8 Å². The Morgan fingerprint density at radius 2 is 1.67 bits per heavy atom. The van der Waals surface area contributed by atoms with Crippen LogP contribution in [0, 0.1) is 0 Å². The summed E-state index contributed by atoms with van der Waals surface area (Å²) in [5.41, 5.74) is -0.0689. The van der Waals surface area contributed by atoms with Gasteiger partial charge in [-0.1, -0.05) is 65.3 Å². The third kappa shape index (κ3) is 5.87. The fourth-order valence-electron chi connectivity index (χ4n) is 2.46. The van der Waals surface area contributed by atoms with E-state index in [-0.39, 0.29) is 10.9 Å². The highest BCUT2D eigenvalue weighted by Crippen LogP contribution is 2.33. The number of aromatic nitrogens is 2. The van der Waals surface area contributed by atoms with Gasteiger partial charge in [-0.15, -0.1) is 0 Å². The van der Waals surface area contributed by atoms with E-state index in [1.165, 1.54) is 25.1 Å². The summed E-state index contributed by atoms with van der Waals surface area (Å²) in [4.78, 5) is 20.3. The van der Waals surface area contributed by atoms with Gasteiger partial charge in [0.1, 0.15) is 5.69 Å². The van der Waals surface area contributed by atoms with Crippen LogP contribution in [0.4, 0.5) is 18.9 Å². The molecule has 30 heavy (non-hydrogen) atoms. The molecule has 156 valence electrons. The molecule has 3 aromatic rings. The number of nitrogens with one attached hydrogen (secondary N) is 1. The Balaban J connectivity index is 1.84. The van der Waals surface area contributed by atoms with Crippen molar-refractivity contribution in [3.8, 4) is 11.3 Å². The van der Waals surface area contributed by atoms with Crippen LogP contribution >= 0.6 is 35.0 Å². The maximum absolute atomic E-state index is 13.3. The van der Waals surface area contributed by atoms with E-state index in [1.54, 1.807) is 30.3 Å². The van der Waals surface area contributed by atoms with Crippen molar-refractivity contribution in [2.75, 3.05) is 5.32 Å². The van der Waals surface area contributed by atoms with Crippen LogP contribution in [0.5, 0.6) is 0 Å². The molecule has 1 amide bonds. The molecule has 10 heteroatoms. The highest BCUT2D eigenvalue weighted by molar-refractivity contribution is 8.00. The first-order chi connectivity index (χ1) is 14.1. The molecule has 0 aliphatic carbocycles. The summed E-state index contributed by atoms with van der Waals surface area (Å²) in [5.74, 6) is -0.458. The molecule has 3 rings (SSSR count). The van der Waals surface area contributed by atoms with E-state index in [9.17, 15) is 18.0 Å². The molecule has 1 heterocycles. The summed E-state index contributed by atoms with van der Waals surface area (Å²) in [5, 5.41) is 2.37. The van der Waals surface area contributed by atoms with E-state index < -0.39 is 23.0 Å². The summed E-state index contributed by atoms with van der Waals surface area (Å²) in [6.07, 6.45) is -4.65. The quantitative estimate of drug-likeness (QED) is 0.336. The van der Waals surface area contributed by atoms with Gasteiger partial charge in [0.15, 0.2) is 5.16 Å². The largest absolute Gasteiger partial charge is 0.433 e. The number of halogens is 5. The third-order valence-electron chi connectivity index (χ3n) is 3.85. The van der Waals surface area contributed by atoms with Crippen LogP contribution in [0.25, 0.3) is 11.3 Å². The van der Waals surface area contributed by atoms with Crippen molar-refractivity contribution in [2.24, 2.45) is 0 Å². The predicted molar refractivity (Wildman–Crippen MR) is 113 cm³/mol. The molecule has 0 saturated heterocycles. The van der Waals surface area contributed by atoms with Crippen LogP contribution in [-0.2, 0) is 11.0 Å². The highest BCUT2D eigenvalue weighted by Gasteiger charge is 2.34. The lowest BCUT2D eigenvalue weighted by Gasteiger charge is -2.14. The zero-order valence-corrected chi connectivity index (χ0v) is 17.7. The average molecular weight is 472 g/mol. The van der Waals surface area contributed by atoms with E-state index in [1.807, 2.05) is 0 Å². The first-order valence-electron chi connectivity index (χ1n) is 8.57. The fourth-order valence-corrected chi connectivity index (χ4v) is 3.77. The summed E-state index contributed by atoms with van der Waals surface area (Å²) in [6.45, 7) is 1.54. The Labute approximate surface area is 184 Å². The first kappa shape index (κ1) is 22.4. The molecule has 4 nitrogen and oxygen atoms in total. The number of anilines is 1. The first-order valence-corrected chi connectivity index (χ1v) is 10.2. The second kappa shape index (κ2) is 9.24. The summed E-state index contributed by atoms with van der Waals surface area (Å²) in [6, 6.07) is 13.9. The second-order valence-corrected chi connectivity index (χ2v) is 8.37. The average Bonchev–Trinajstić information content (AvgIpc) is 2.67. The van der Waals surface area contributed by atoms with Gasteiger partial charge in [-0.25, -0.2) is 9.97 Å². The Bertz CT molecular complexity index is 1040. The van der Waals surface area contributed by atoms with Crippen LogP contribution in [0.3, 0.4) is 0 Å². The molecular formula is C20H14Cl2F3N3OS. The molecule has 0 spiro atoms. The van der Waals surface area contributed by atoms with Crippen molar-refractivity contribution in [1.29, 1.82) is 0 Å². The fraction of sp³-hybridized carbons (Fsp3) is 0.150. The number of carbonyl (C=O) groups is 1. The third-order valence-corrected chi connectivity index (χ3v) is 5.24. The topological polar surface area (TPSA) is 54.9 Å². The lowest BCUT2D eigenvalue weighted by Crippen LogP contribution is -2.23. The van der Waals surface area contributed by atoms with Crippen molar-refractivity contribution in [3.63, 3.8) is 0 Å². The van der Waals surface area contributed by atoms with E-state index in [2.05, 4.69) is 15.3 Å². The van der Waals surface area contributed by atoms with E-state index in [4.69, 9.17) is 23.2 Å². The van der Waals surface area contributed by atoms with Crippen LogP contribution in [0.2, 0.25) is 10.0 Å². The van der Waals surface area contributed by atoms with E-state index in [0.29, 0.717) is 21.3 Å². The molecule has 0 radical (unpaired) electrons. The Hall–Kier alpha value is -2.29. The van der Waals surface area contributed by atoms with Gasteiger partial charge < -0.3 is 5.32 Å². The lowest BCUT2D eigenvalue weighted by atomic mass is 10.1. The summed E-state index contributed by atoms with van der Waals surface area (Å²) < 4.78 is 40.0. The SMILES string of the molecule is C[C@@H](Sc1nc(-c2ccccc2)cc(C(F)(F)F)n1)C(=O)Nc1cc(Cl)cc(Cl)c1. The minimum Gasteiger partial charge on any atom is -0.325 e. The van der Waals surface area contributed by atoms with Gasteiger partial charge in [0.2, 0.25) is 5.91 Å². The summed E-state index contributed by atoms with van der Waals surface area (Å²) >= 11 is 12.6. The van der Waals surface area contributed by atoms with Crippen LogP contribution in [-0.4, -0.2) is 21.1 Å². The van der Waals surface area contributed by atoms with Gasteiger partial charge in [-0.2, -0.15) is 13.2 Å². The number of nitrogens with zero attached hydrogens (tertiary/aromatic N) is 2. The minimum atomic E-state index is -4.65. The monoisotopic (exact) mass is 471 g/mol. The van der Waals surface area contributed by atoms with Gasteiger partial charge in [0.25, 0.3) is 0 Å². The molecule has 0 unspecified atom stereocenters. The second-order valence-electron chi connectivity index (χ2n) is 6.19. The smallest absolute Gasteiger partial charge is 0.325 e. The maximum Gasteiger partial charge on any atom is 0.433 e. The molecule has 0 fully saturated rings. The van der Waals surface area contributed by atoms with Crippen molar-refractivity contribution in [1.82, 2.24) is 9.97 Å². The number of hydrogen-bond acceptors (Lipinski definition) is 4. The Morgan fingerprint density at radius 1 is 1.03 bits per heavy atom. The van der Waals surface area contributed by atoms with Gasteiger partial charge >= 0.3 is 6.18 Å².